The molecule has 1 aromatic rings. The van der Waals surface area contributed by atoms with Gasteiger partial charge in [-0.2, -0.15) is 0 Å². The molecule has 1 atom stereocenters. The minimum absolute atomic E-state index is 0. The summed E-state index contributed by atoms with van der Waals surface area (Å²) < 4.78 is 5.34. The second-order valence-corrected chi connectivity index (χ2v) is 7.04. The van der Waals surface area contributed by atoms with Gasteiger partial charge in [0.1, 0.15) is 0 Å². The van der Waals surface area contributed by atoms with Gasteiger partial charge in [-0.15, -0.1) is 12.4 Å². The van der Waals surface area contributed by atoms with Crippen molar-refractivity contribution < 1.29 is 14.3 Å². The molecule has 3 amide bonds. The summed E-state index contributed by atoms with van der Waals surface area (Å²) in [5.74, 6) is 0.243. The molecule has 8 heteroatoms. The molecule has 150 valence electrons. The lowest BCUT2D eigenvalue weighted by atomic mass is 9.91. The highest BCUT2D eigenvalue weighted by atomic mass is 35.5. The summed E-state index contributed by atoms with van der Waals surface area (Å²) >= 11 is 0. The van der Waals surface area contributed by atoms with Gasteiger partial charge in [-0.25, -0.2) is 4.79 Å². The van der Waals surface area contributed by atoms with Crippen molar-refractivity contribution in [3.05, 3.63) is 30.3 Å². The monoisotopic (exact) mass is 396 g/mol. The lowest BCUT2D eigenvalue weighted by Gasteiger charge is -2.36. The molecule has 0 aromatic heterocycles. The number of urea groups is 1. The summed E-state index contributed by atoms with van der Waals surface area (Å²) in [6, 6.07) is 8.77. The van der Waals surface area contributed by atoms with E-state index in [0.717, 1.165) is 31.4 Å². The number of benzene rings is 1. The number of hydrogen-bond acceptors (Lipinski definition) is 4. The van der Waals surface area contributed by atoms with E-state index in [9.17, 15) is 9.59 Å². The molecule has 2 fully saturated rings. The number of nitrogens with one attached hydrogen (secondary N) is 2. The average molecular weight is 397 g/mol. The fourth-order valence-electron chi connectivity index (χ4n) is 3.61. The maximum atomic E-state index is 12.6. The molecule has 0 aliphatic carbocycles. The Hall–Kier alpha value is -1.83. The predicted octanol–water partition coefficient (Wildman–Crippen LogP) is 1.97. The van der Waals surface area contributed by atoms with Crippen LogP contribution in [0.25, 0.3) is 0 Å². The Bertz CT molecular complexity index is 602. The second-order valence-electron chi connectivity index (χ2n) is 7.04. The number of rotatable bonds is 4. The van der Waals surface area contributed by atoms with Gasteiger partial charge in [-0.3, -0.25) is 4.79 Å². The Morgan fingerprint density at radius 2 is 1.70 bits per heavy atom. The molecule has 2 aliphatic rings. The molecule has 4 N–H and O–H groups in total. The smallest absolute Gasteiger partial charge is 0.319 e. The van der Waals surface area contributed by atoms with Gasteiger partial charge < -0.3 is 26.0 Å². The molecule has 0 radical (unpaired) electrons. The number of amides is 3. The lowest BCUT2D eigenvalue weighted by Crippen LogP contribution is -2.53. The zero-order chi connectivity index (χ0) is 18.4. The molecule has 1 aromatic carbocycles. The van der Waals surface area contributed by atoms with Crippen LogP contribution >= 0.6 is 12.4 Å². The molecule has 2 aliphatic heterocycles. The number of carbonyl (C=O) groups is 2. The highest BCUT2D eigenvalue weighted by molar-refractivity contribution is 5.89. The van der Waals surface area contributed by atoms with Crippen molar-refractivity contribution in [2.24, 2.45) is 11.7 Å². The van der Waals surface area contributed by atoms with Gasteiger partial charge in [-0.05, 0) is 43.7 Å². The molecule has 2 heterocycles. The molecule has 0 saturated carbocycles. The lowest BCUT2D eigenvalue weighted by molar-refractivity contribution is -0.135. The highest BCUT2D eigenvalue weighted by Gasteiger charge is 2.32. The molecule has 0 bridgehead atoms. The minimum Gasteiger partial charge on any atom is -0.381 e. The van der Waals surface area contributed by atoms with E-state index in [-0.39, 0.29) is 36.3 Å². The SMILES string of the molecule is Cl.NC(C(=O)N1CCC(NC(=O)Nc2ccccc2)CC1)C1CCOCC1. The number of para-hydroxylation sites is 1. The number of carbonyl (C=O) groups excluding carboxylic acids is 2. The fourth-order valence-corrected chi connectivity index (χ4v) is 3.61. The van der Waals surface area contributed by atoms with Crippen molar-refractivity contribution in [3.63, 3.8) is 0 Å². The van der Waals surface area contributed by atoms with Crippen molar-refractivity contribution in [1.82, 2.24) is 10.2 Å². The van der Waals surface area contributed by atoms with Gasteiger partial charge in [0.15, 0.2) is 0 Å². The Morgan fingerprint density at radius 3 is 2.33 bits per heavy atom. The molecule has 2 saturated heterocycles. The standard InChI is InChI=1S/C19H28N4O3.ClH/c20-17(14-8-12-26-13-9-14)18(24)23-10-6-16(7-11-23)22-19(25)21-15-4-2-1-3-5-15;/h1-5,14,16-17H,6-13,20H2,(H2,21,22,25);1H. The summed E-state index contributed by atoms with van der Waals surface area (Å²) in [6.45, 7) is 2.64. The van der Waals surface area contributed by atoms with Crippen LogP contribution in [0.2, 0.25) is 0 Å². The van der Waals surface area contributed by atoms with Crippen LogP contribution in [0.4, 0.5) is 10.5 Å². The number of halogens is 1. The van der Waals surface area contributed by atoms with Crippen molar-refractivity contribution in [2.75, 3.05) is 31.6 Å². The van der Waals surface area contributed by atoms with Crippen LogP contribution in [0.1, 0.15) is 25.7 Å². The summed E-state index contributed by atoms with van der Waals surface area (Å²) in [4.78, 5) is 26.5. The summed E-state index contributed by atoms with van der Waals surface area (Å²) in [5, 5.41) is 5.81. The number of ether oxygens (including phenoxy) is 1. The van der Waals surface area contributed by atoms with Gasteiger partial charge >= 0.3 is 6.03 Å². The minimum atomic E-state index is -0.440. The molecule has 3 rings (SSSR count). The number of nitrogens with two attached hydrogens (primary N) is 1. The van der Waals surface area contributed by atoms with E-state index < -0.39 is 6.04 Å². The van der Waals surface area contributed by atoms with Gasteiger partial charge in [-0.1, -0.05) is 18.2 Å². The Kier molecular flexibility index (Phi) is 8.34. The van der Waals surface area contributed by atoms with Crippen LogP contribution in [-0.2, 0) is 9.53 Å². The van der Waals surface area contributed by atoms with Crippen LogP contribution < -0.4 is 16.4 Å². The third-order valence-electron chi connectivity index (χ3n) is 5.23. The first-order valence-electron chi connectivity index (χ1n) is 9.38. The van der Waals surface area contributed by atoms with E-state index in [1.807, 2.05) is 35.2 Å². The number of anilines is 1. The zero-order valence-corrected chi connectivity index (χ0v) is 16.2. The van der Waals surface area contributed by atoms with Crippen LogP contribution in [0, 0.1) is 5.92 Å². The number of likely N-dealkylation sites (tertiary alicyclic amines) is 1. The number of nitrogens with zero attached hydrogens (tertiary/aromatic N) is 1. The number of hydrogen-bond donors (Lipinski definition) is 3. The summed E-state index contributed by atoms with van der Waals surface area (Å²) in [7, 11) is 0. The quantitative estimate of drug-likeness (QED) is 0.724. The fraction of sp³-hybridized carbons (Fsp3) is 0.579. The van der Waals surface area contributed by atoms with Crippen LogP contribution in [-0.4, -0.2) is 55.2 Å². The molecular formula is C19H29ClN4O3. The molecule has 27 heavy (non-hydrogen) atoms. The topological polar surface area (TPSA) is 96.7 Å². The first kappa shape index (κ1) is 21.5. The first-order valence-corrected chi connectivity index (χ1v) is 9.38. The van der Waals surface area contributed by atoms with Gasteiger partial charge in [0.2, 0.25) is 5.91 Å². The van der Waals surface area contributed by atoms with Crippen LogP contribution in [0.5, 0.6) is 0 Å². The van der Waals surface area contributed by atoms with Crippen molar-refractivity contribution in [3.8, 4) is 0 Å². The largest absolute Gasteiger partial charge is 0.381 e. The number of piperidine rings is 1. The normalized spacial score (nSPS) is 19.7. The Morgan fingerprint density at radius 1 is 1.07 bits per heavy atom. The molecular weight excluding hydrogens is 368 g/mol. The molecule has 7 nitrogen and oxygen atoms in total. The van der Waals surface area contributed by atoms with Crippen molar-refractivity contribution in [1.29, 1.82) is 0 Å². The second kappa shape index (κ2) is 10.5. The Labute approximate surface area is 166 Å². The van der Waals surface area contributed by atoms with E-state index in [1.165, 1.54) is 0 Å². The highest BCUT2D eigenvalue weighted by Crippen LogP contribution is 2.20. The van der Waals surface area contributed by atoms with Gasteiger partial charge in [0.25, 0.3) is 0 Å². The maximum absolute atomic E-state index is 12.6. The Balaban J connectivity index is 0.00000261. The van der Waals surface area contributed by atoms with E-state index in [1.54, 1.807) is 0 Å². The van der Waals surface area contributed by atoms with Crippen molar-refractivity contribution >= 4 is 30.0 Å². The van der Waals surface area contributed by atoms with E-state index >= 15 is 0 Å². The first-order chi connectivity index (χ1) is 12.6. The predicted molar refractivity (Wildman–Crippen MR) is 107 cm³/mol. The van der Waals surface area contributed by atoms with E-state index in [4.69, 9.17) is 10.5 Å². The summed E-state index contributed by atoms with van der Waals surface area (Å²) in [5.41, 5.74) is 6.96. The van der Waals surface area contributed by atoms with Crippen LogP contribution in [0.15, 0.2) is 30.3 Å². The van der Waals surface area contributed by atoms with E-state index in [2.05, 4.69) is 10.6 Å². The molecule has 1 unspecified atom stereocenters. The van der Waals surface area contributed by atoms with Gasteiger partial charge in [0, 0.05) is 38.0 Å². The average Bonchev–Trinajstić information content (AvgIpc) is 2.69. The van der Waals surface area contributed by atoms with Crippen molar-refractivity contribution in [2.45, 2.75) is 37.8 Å². The summed E-state index contributed by atoms with van der Waals surface area (Å²) in [6.07, 6.45) is 3.19. The zero-order valence-electron chi connectivity index (χ0n) is 15.4. The molecule has 0 spiro atoms. The third kappa shape index (κ3) is 6.09. The van der Waals surface area contributed by atoms with Crippen LogP contribution in [0.3, 0.4) is 0 Å². The maximum Gasteiger partial charge on any atom is 0.319 e. The van der Waals surface area contributed by atoms with E-state index in [0.29, 0.717) is 26.3 Å². The van der Waals surface area contributed by atoms with Gasteiger partial charge in [0.05, 0.1) is 6.04 Å². The third-order valence-corrected chi connectivity index (χ3v) is 5.23.